The van der Waals surface area contributed by atoms with Crippen molar-refractivity contribution in [2.45, 2.75) is 56.1 Å². The summed E-state index contributed by atoms with van der Waals surface area (Å²) >= 11 is 0. The zero-order chi connectivity index (χ0) is 30.4. The maximum atomic E-state index is 15.6. The quantitative estimate of drug-likeness (QED) is 0.217. The number of nitrogens with zero attached hydrogens (tertiary/aromatic N) is 3. The summed E-state index contributed by atoms with van der Waals surface area (Å²) in [7, 11) is -2.51. The molecule has 2 aromatic carbocycles. The predicted molar refractivity (Wildman–Crippen MR) is 154 cm³/mol. The number of nitrogens with one attached hydrogen (secondary N) is 2. The summed E-state index contributed by atoms with van der Waals surface area (Å²) in [5, 5.41) is 3.29. The maximum absolute atomic E-state index is 15.6. The van der Waals surface area contributed by atoms with Crippen LogP contribution < -0.4 is 15.8 Å². The number of alkyl halides is 3. The maximum Gasteiger partial charge on any atom is 0.416 e. The van der Waals surface area contributed by atoms with Crippen molar-refractivity contribution < 1.29 is 26.0 Å². The van der Waals surface area contributed by atoms with Gasteiger partial charge in [-0.3, -0.25) is 9.12 Å². The second-order valence-corrected chi connectivity index (χ2v) is 12.2. The van der Waals surface area contributed by atoms with Gasteiger partial charge in [-0.25, -0.2) is 22.8 Å². The summed E-state index contributed by atoms with van der Waals surface area (Å²) in [6, 6.07) is 7.32. The normalized spacial score (nSPS) is 16.2. The van der Waals surface area contributed by atoms with Gasteiger partial charge in [-0.15, -0.1) is 0 Å². The number of rotatable bonds is 7. The minimum Gasteiger partial charge on any atom is -0.382 e. The van der Waals surface area contributed by atoms with E-state index in [0.29, 0.717) is 23.4 Å². The number of nitrogen functional groups attached to an aromatic ring is 1. The fourth-order valence-electron chi connectivity index (χ4n) is 5.12. The highest BCUT2D eigenvalue weighted by molar-refractivity contribution is 7.92. The van der Waals surface area contributed by atoms with E-state index in [4.69, 9.17) is 10.7 Å². The third-order valence-electron chi connectivity index (χ3n) is 7.33. The van der Waals surface area contributed by atoms with Gasteiger partial charge in [-0.05, 0) is 68.3 Å². The molecule has 0 bridgehead atoms. The molecule has 0 radical (unpaired) electrons. The van der Waals surface area contributed by atoms with E-state index in [2.05, 4.69) is 21.1 Å². The molecule has 0 aliphatic heterocycles. The van der Waals surface area contributed by atoms with E-state index in [1.165, 1.54) is 12.1 Å². The molecule has 42 heavy (non-hydrogen) atoms. The molecule has 5 rings (SSSR count). The van der Waals surface area contributed by atoms with Crippen LogP contribution in [0.3, 0.4) is 0 Å². The second kappa shape index (κ2) is 11.0. The smallest absolute Gasteiger partial charge is 0.382 e. The first-order chi connectivity index (χ1) is 19.8. The van der Waals surface area contributed by atoms with Crippen LogP contribution in [0.4, 0.5) is 29.1 Å². The molecule has 0 fully saturated rings. The van der Waals surface area contributed by atoms with Crippen molar-refractivity contribution in [3.63, 3.8) is 0 Å². The second-order valence-electron chi connectivity index (χ2n) is 10.5. The largest absolute Gasteiger partial charge is 0.416 e. The first-order valence-electron chi connectivity index (χ1n) is 13.3. The molecule has 222 valence electrons. The first-order valence-corrected chi connectivity index (χ1v) is 14.8. The molecule has 13 heteroatoms. The van der Waals surface area contributed by atoms with Crippen molar-refractivity contribution in [3.05, 3.63) is 77.6 Å². The Morgan fingerprint density at radius 1 is 1.14 bits per heavy atom. The molecule has 0 saturated carbocycles. The van der Waals surface area contributed by atoms with E-state index < -0.39 is 32.5 Å². The fourth-order valence-corrected chi connectivity index (χ4v) is 6.22. The number of benzene rings is 2. The van der Waals surface area contributed by atoms with Gasteiger partial charge in [0.15, 0.2) is 0 Å². The zero-order valence-corrected chi connectivity index (χ0v) is 23.9. The summed E-state index contributed by atoms with van der Waals surface area (Å²) in [6.07, 6.45) is 1.75. The van der Waals surface area contributed by atoms with Crippen LogP contribution >= 0.6 is 0 Å². The van der Waals surface area contributed by atoms with E-state index in [1.54, 1.807) is 6.20 Å². The zero-order valence-electron chi connectivity index (χ0n) is 23.1. The molecule has 4 N–H and O–H groups in total. The number of hydrogen-bond acceptors (Lipinski definition) is 6. The van der Waals surface area contributed by atoms with Crippen molar-refractivity contribution in [2.24, 2.45) is 0 Å². The number of anilines is 2. The monoisotopic (exact) mass is 602 g/mol. The van der Waals surface area contributed by atoms with Gasteiger partial charge in [0.05, 0.1) is 28.0 Å². The highest BCUT2D eigenvalue weighted by Gasteiger charge is 2.32. The van der Waals surface area contributed by atoms with Crippen LogP contribution in [-0.2, 0) is 16.2 Å². The van der Waals surface area contributed by atoms with Gasteiger partial charge in [0.25, 0.3) is 10.0 Å². The molecule has 4 aromatic rings. The van der Waals surface area contributed by atoms with Gasteiger partial charge in [0.1, 0.15) is 28.7 Å². The number of imidazole rings is 1. The van der Waals surface area contributed by atoms with Gasteiger partial charge < -0.3 is 11.1 Å². The van der Waals surface area contributed by atoms with Crippen LogP contribution in [0.5, 0.6) is 0 Å². The molecule has 1 atom stereocenters. The molecule has 1 aliphatic carbocycles. The van der Waals surface area contributed by atoms with Gasteiger partial charge in [0, 0.05) is 17.5 Å². The topological polar surface area (TPSA) is 114 Å². The Hall–Kier alpha value is -3.97. The average molecular weight is 603 g/mol. The van der Waals surface area contributed by atoms with Gasteiger partial charge in [0.2, 0.25) is 0 Å². The molecule has 1 unspecified atom stereocenters. The number of hydrogen-bond donors (Lipinski definition) is 3. The summed E-state index contributed by atoms with van der Waals surface area (Å²) in [5.41, 5.74) is 7.71. The van der Waals surface area contributed by atoms with Crippen LogP contribution in [0.15, 0.2) is 59.6 Å². The van der Waals surface area contributed by atoms with Crippen LogP contribution in [0.1, 0.15) is 56.1 Å². The molecule has 0 saturated heterocycles. The molecule has 0 spiro atoms. The van der Waals surface area contributed by atoms with Crippen LogP contribution in [0, 0.1) is 5.82 Å². The number of sulfonamides is 1. The van der Waals surface area contributed by atoms with Crippen LogP contribution in [0.25, 0.3) is 22.3 Å². The third kappa shape index (κ3) is 5.58. The molecular formula is C29H30F4N6O2S. The lowest BCUT2D eigenvalue weighted by Gasteiger charge is -2.22. The Morgan fingerprint density at radius 3 is 2.52 bits per heavy atom. The molecule has 2 aromatic heterocycles. The van der Waals surface area contributed by atoms with Crippen molar-refractivity contribution in [1.82, 2.24) is 19.7 Å². The number of allylic oxidation sites excluding steroid dienone is 1. The van der Waals surface area contributed by atoms with Gasteiger partial charge in [-0.2, -0.15) is 13.2 Å². The average Bonchev–Trinajstić information content (AvgIpc) is 3.35. The minimum atomic E-state index is -4.72. The number of aromatic nitrogens is 3. The van der Waals surface area contributed by atoms with Crippen molar-refractivity contribution in [2.75, 3.05) is 17.5 Å². The summed E-state index contributed by atoms with van der Waals surface area (Å²) < 4.78 is 84.6. The Kier molecular flexibility index (Phi) is 7.75. The standard InChI is InChI=1S/C29H30F4N6O2S/c1-16(2)28-37-25(26-27(34)36-15-24(39(26)28)17-7-9-19(35-3)10-8-17)22-12-11-20(14-23(22)30)38-42(40,41)21-6-4-5-18(13-21)29(31,32)33/h4-7,11-16,19,35,38H,8-10H2,1-3H3,(H2,34,36). The molecule has 2 heterocycles. The van der Waals surface area contributed by atoms with E-state index in [9.17, 15) is 21.6 Å². The fraction of sp³-hybridized carbons (Fsp3) is 0.310. The molecule has 1 aliphatic rings. The van der Waals surface area contributed by atoms with Gasteiger partial charge in [-0.1, -0.05) is 26.0 Å². The lowest BCUT2D eigenvalue weighted by molar-refractivity contribution is -0.137. The lowest BCUT2D eigenvalue weighted by atomic mass is 9.93. The SMILES string of the molecule is CNC1CC=C(c2cnc(N)c3c(-c4ccc(NS(=O)(=O)c5cccc(C(F)(F)F)c5)cc4F)nc(C(C)C)n23)CC1. The van der Waals surface area contributed by atoms with Gasteiger partial charge >= 0.3 is 6.18 Å². The predicted octanol–water partition coefficient (Wildman–Crippen LogP) is 6.22. The molecular weight excluding hydrogens is 572 g/mol. The van der Waals surface area contributed by atoms with Crippen molar-refractivity contribution in [3.8, 4) is 11.3 Å². The Balaban J connectivity index is 1.55. The van der Waals surface area contributed by atoms with E-state index in [-0.39, 0.29) is 28.7 Å². The third-order valence-corrected chi connectivity index (χ3v) is 8.70. The Morgan fingerprint density at radius 2 is 1.90 bits per heavy atom. The lowest BCUT2D eigenvalue weighted by Crippen LogP contribution is -2.26. The Labute approximate surface area is 240 Å². The highest BCUT2D eigenvalue weighted by Crippen LogP contribution is 2.37. The Bertz CT molecular complexity index is 1800. The molecule has 8 nitrogen and oxygen atoms in total. The number of halogens is 4. The summed E-state index contributed by atoms with van der Waals surface area (Å²) in [5.74, 6) is -0.0309. The minimum absolute atomic E-state index is 0.0531. The van der Waals surface area contributed by atoms with E-state index in [0.717, 1.165) is 54.8 Å². The summed E-state index contributed by atoms with van der Waals surface area (Å²) in [6.45, 7) is 3.93. The first kappa shape index (κ1) is 29.5. The van der Waals surface area contributed by atoms with Crippen LogP contribution in [-0.4, -0.2) is 35.9 Å². The van der Waals surface area contributed by atoms with E-state index >= 15 is 4.39 Å². The van der Waals surface area contributed by atoms with Crippen molar-refractivity contribution >= 4 is 32.6 Å². The highest BCUT2D eigenvalue weighted by atomic mass is 32.2. The van der Waals surface area contributed by atoms with Crippen LogP contribution in [0.2, 0.25) is 0 Å². The molecule has 0 amide bonds. The summed E-state index contributed by atoms with van der Waals surface area (Å²) in [4.78, 5) is 8.57. The number of fused-ring (bicyclic) bond motifs is 1. The van der Waals surface area contributed by atoms with Crippen molar-refractivity contribution in [1.29, 1.82) is 0 Å². The van der Waals surface area contributed by atoms with E-state index in [1.807, 2.05) is 25.3 Å². The number of nitrogens with two attached hydrogens (primary N) is 1.